The normalized spacial score (nSPS) is 14.8. The van der Waals surface area contributed by atoms with Gasteiger partial charge in [0.15, 0.2) is 11.5 Å². The van der Waals surface area contributed by atoms with Crippen LogP contribution in [0.15, 0.2) is 60.9 Å². The first-order valence-corrected chi connectivity index (χ1v) is 11.4. The summed E-state index contributed by atoms with van der Waals surface area (Å²) in [5, 5.41) is 3.43. The van der Waals surface area contributed by atoms with Gasteiger partial charge in [0.2, 0.25) is 0 Å². The molecule has 0 amide bonds. The highest BCUT2D eigenvalue weighted by atomic mass is 16.5. The van der Waals surface area contributed by atoms with Gasteiger partial charge in [-0.05, 0) is 63.0 Å². The number of methoxy groups -OCH3 is 1. The number of anilines is 1. The van der Waals surface area contributed by atoms with Gasteiger partial charge in [-0.1, -0.05) is 30.3 Å². The molecule has 2 aromatic carbocycles. The fourth-order valence-corrected chi connectivity index (χ4v) is 4.04. The molecule has 0 radical (unpaired) electrons. The summed E-state index contributed by atoms with van der Waals surface area (Å²) < 4.78 is 11.6. The quantitative estimate of drug-likeness (QED) is 0.445. The molecule has 1 aromatic heterocycles. The van der Waals surface area contributed by atoms with E-state index in [4.69, 9.17) is 14.5 Å². The van der Waals surface area contributed by atoms with Crippen LogP contribution < -0.4 is 14.8 Å². The van der Waals surface area contributed by atoms with E-state index in [2.05, 4.69) is 34.3 Å². The molecule has 1 aliphatic rings. The molecule has 1 unspecified atom stereocenters. The molecule has 6 heteroatoms. The zero-order valence-corrected chi connectivity index (χ0v) is 19.0. The van der Waals surface area contributed by atoms with Gasteiger partial charge in [-0.3, -0.25) is 4.98 Å². The third-order valence-electron chi connectivity index (χ3n) is 5.83. The second-order valence-electron chi connectivity index (χ2n) is 8.18. The zero-order chi connectivity index (χ0) is 22.2. The van der Waals surface area contributed by atoms with E-state index < -0.39 is 0 Å². The van der Waals surface area contributed by atoms with Crippen LogP contribution in [0.5, 0.6) is 11.5 Å². The van der Waals surface area contributed by atoms with Crippen molar-refractivity contribution in [1.82, 2.24) is 14.9 Å². The number of rotatable bonds is 10. The number of benzene rings is 2. The van der Waals surface area contributed by atoms with Crippen LogP contribution in [-0.4, -0.2) is 48.2 Å². The van der Waals surface area contributed by atoms with Gasteiger partial charge in [0.25, 0.3) is 0 Å². The van der Waals surface area contributed by atoms with Crippen molar-refractivity contribution in [3.05, 3.63) is 66.5 Å². The highest BCUT2D eigenvalue weighted by Gasteiger charge is 2.13. The van der Waals surface area contributed by atoms with Gasteiger partial charge in [-0.15, -0.1) is 0 Å². The van der Waals surface area contributed by atoms with E-state index in [1.165, 1.54) is 31.5 Å². The molecular weight excluding hydrogens is 400 g/mol. The van der Waals surface area contributed by atoms with Crippen molar-refractivity contribution in [2.24, 2.45) is 0 Å². The highest BCUT2D eigenvalue weighted by molar-refractivity contribution is 5.64. The minimum atomic E-state index is 0.131. The van der Waals surface area contributed by atoms with Gasteiger partial charge in [0, 0.05) is 18.2 Å². The van der Waals surface area contributed by atoms with Gasteiger partial charge in [0.05, 0.1) is 31.8 Å². The molecule has 6 nitrogen and oxygen atoms in total. The molecule has 32 heavy (non-hydrogen) atoms. The lowest BCUT2D eigenvalue weighted by atomic mass is 10.1. The first-order chi connectivity index (χ1) is 15.7. The van der Waals surface area contributed by atoms with Crippen molar-refractivity contribution in [1.29, 1.82) is 0 Å². The van der Waals surface area contributed by atoms with Crippen LogP contribution in [0.2, 0.25) is 0 Å². The van der Waals surface area contributed by atoms with Crippen molar-refractivity contribution in [2.45, 2.75) is 32.2 Å². The lowest BCUT2D eigenvalue weighted by Crippen LogP contribution is -2.21. The molecule has 1 fully saturated rings. The predicted octanol–water partition coefficient (Wildman–Crippen LogP) is 5.19. The second kappa shape index (κ2) is 11.0. The van der Waals surface area contributed by atoms with E-state index in [0.29, 0.717) is 12.4 Å². The van der Waals surface area contributed by atoms with Gasteiger partial charge < -0.3 is 19.7 Å². The largest absolute Gasteiger partial charge is 0.493 e. The topological polar surface area (TPSA) is 59.5 Å². The Morgan fingerprint density at radius 1 is 1.03 bits per heavy atom. The number of aromatic nitrogens is 2. The number of hydrogen-bond donors (Lipinski definition) is 1. The molecule has 4 rings (SSSR count). The molecule has 0 bridgehead atoms. The third kappa shape index (κ3) is 5.77. The molecule has 1 N–H and O–H groups in total. The molecule has 1 saturated heterocycles. The van der Waals surface area contributed by atoms with Gasteiger partial charge in [-0.2, -0.15) is 0 Å². The standard InChI is InChI=1S/C26H32N4O2/c1-20(21-9-4-3-5-10-21)28-26-19-27-18-23(29-26)22-11-12-24(25(17-22)31-2)32-16-8-15-30-13-6-7-14-30/h3-5,9-12,17-20H,6-8,13-16H2,1-2H3,(H,28,29). The Balaban J connectivity index is 1.40. The lowest BCUT2D eigenvalue weighted by Gasteiger charge is -2.16. The summed E-state index contributed by atoms with van der Waals surface area (Å²) in [4.78, 5) is 11.6. The first kappa shape index (κ1) is 22.1. The average molecular weight is 433 g/mol. The molecule has 1 aliphatic heterocycles. The smallest absolute Gasteiger partial charge is 0.161 e. The Kier molecular flexibility index (Phi) is 7.56. The Bertz CT molecular complexity index is 990. The molecule has 0 spiro atoms. The fourth-order valence-electron chi connectivity index (χ4n) is 4.04. The molecule has 1 atom stereocenters. The van der Waals surface area contributed by atoms with E-state index in [1.807, 2.05) is 36.4 Å². The molecule has 3 aromatic rings. The minimum absolute atomic E-state index is 0.131. The Hall–Kier alpha value is -3.12. The van der Waals surface area contributed by atoms with Crippen LogP contribution in [0.25, 0.3) is 11.3 Å². The van der Waals surface area contributed by atoms with Crippen molar-refractivity contribution in [3.8, 4) is 22.8 Å². The summed E-state index contributed by atoms with van der Waals surface area (Å²) >= 11 is 0. The maximum atomic E-state index is 6.00. The number of nitrogens with zero attached hydrogens (tertiary/aromatic N) is 3. The van der Waals surface area contributed by atoms with E-state index in [-0.39, 0.29) is 6.04 Å². The van der Waals surface area contributed by atoms with E-state index >= 15 is 0 Å². The SMILES string of the molecule is COc1cc(-c2cncc(NC(C)c3ccccc3)n2)ccc1OCCCN1CCCC1. The summed E-state index contributed by atoms with van der Waals surface area (Å²) in [7, 11) is 1.67. The van der Waals surface area contributed by atoms with Crippen molar-refractivity contribution < 1.29 is 9.47 Å². The number of hydrogen-bond acceptors (Lipinski definition) is 6. The second-order valence-corrected chi connectivity index (χ2v) is 8.18. The summed E-state index contributed by atoms with van der Waals surface area (Å²) in [5.41, 5.74) is 2.93. The maximum absolute atomic E-state index is 6.00. The van der Waals surface area contributed by atoms with Crippen LogP contribution in [0.1, 0.15) is 37.8 Å². The Morgan fingerprint density at radius 3 is 2.62 bits per heavy atom. The summed E-state index contributed by atoms with van der Waals surface area (Å²) in [6.07, 6.45) is 7.17. The van der Waals surface area contributed by atoms with E-state index in [9.17, 15) is 0 Å². The fraction of sp³-hybridized carbons (Fsp3) is 0.385. The van der Waals surface area contributed by atoms with Gasteiger partial charge >= 0.3 is 0 Å². The summed E-state index contributed by atoms with van der Waals surface area (Å²) in [6, 6.07) is 16.4. The minimum Gasteiger partial charge on any atom is -0.493 e. The molecular formula is C26H32N4O2. The van der Waals surface area contributed by atoms with Crippen LogP contribution in [0.4, 0.5) is 5.82 Å². The van der Waals surface area contributed by atoms with Gasteiger partial charge in [0.1, 0.15) is 5.82 Å². The van der Waals surface area contributed by atoms with E-state index in [1.54, 1.807) is 19.5 Å². The van der Waals surface area contributed by atoms with Gasteiger partial charge in [-0.25, -0.2) is 4.98 Å². The summed E-state index contributed by atoms with van der Waals surface area (Å²) in [6.45, 7) is 6.33. The number of nitrogens with one attached hydrogen (secondary N) is 1. The highest BCUT2D eigenvalue weighted by Crippen LogP contribution is 2.32. The Morgan fingerprint density at radius 2 is 1.84 bits per heavy atom. The molecule has 0 saturated carbocycles. The van der Waals surface area contributed by atoms with Crippen molar-refractivity contribution in [3.63, 3.8) is 0 Å². The maximum Gasteiger partial charge on any atom is 0.161 e. The number of ether oxygens (including phenoxy) is 2. The van der Waals surface area contributed by atoms with E-state index in [0.717, 1.165) is 35.8 Å². The third-order valence-corrected chi connectivity index (χ3v) is 5.83. The van der Waals surface area contributed by atoms with Crippen LogP contribution in [0.3, 0.4) is 0 Å². The molecule has 0 aliphatic carbocycles. The number of likely N-dealkylation sites (tertiary alicyclic amines) is 1. The molecule has 168 valence electrons. The predicted molar refractivity (Wildman–Crippen MR) is 128 cm³/mol. The van der Waals surface area contributed by atoms with Crippen LogP contribution in [-0.2, 0) is 0 Å². The van der Waals surface area contributed by atoms with Crippen molar-refractivity contribution in [2.75, 3.05) is 38.7 Å². The van der Waals surface area contributed by atoms with Crippen molar-refractivity contribution >= 4 is 5.82 Å². The average Bonchev–Trinajstić information content (AvgIpc) is 3.36. The monoisotopic (exact) mass is 432 g/mol. The lowest BCUT2D eigenvalue weighted by molar-refractivity contribution is 0.254. The zero-order valence-electron chi connectivity index (χ0n) is 19.0. The Labute approximate surface area is 190 Å². The molecule has 2 heterocycles. The first-order valence-electron chi connectivity index (χ1n) is 11.4. The summed E-state index contributed by atoms with van der Waals surface area (Å²) in [5.74, 6) is 2.21. The van der Waals surface area contributed by atoms with Crippen LogP contribution in [0, 0.1) is 0 Å². The van der Waals surface area contributed by atoms with Crippen LogP contribution >= 0.6 is 0 Å².